The fourth-order valence-corrected chi connectivity index (χ4v) is 1.83. The van der Waals surface area contributed by atoms with Gasteiger partial charge in [-0.1, -0.05) is 0 Å². The number of carboxylic acid groups (broad SMARTS) is 1. The number of carbonyl (C=O) groups is 1. The lowest BCUT2D eigenvalue weighted by Crippen LogP contribution is -2.43. The summed E-state index contributed by atoms with van der Waals surface area (Å²) >= 11 is 0. The lowest BCUT2D eigenvalue weighted by atomic mass is 9.79. The molecule has 0 aliphatic heterocycles. The Morgan fingerprint density at radius 2 is 1.82 bits per heavy atom. The van der Waals surface area contributed by atoms with Crippen LogP contribution in [0.4, 0.5) is 18.9 Å². The third-order valence-electron chi connectivity index (χ3n) is 2.93. The maximum atomic E-state index is 13.3. The molecule has 0 saturated heterocycles. The summed E-state index contributed by atoms with van der Waals surface area (Å²) in [7, 11) is 0. The summed E-state index contributed by atoms with van der Waals surface area (Å²) in [5.41, 5.74) is -0.470. The fraction of sp³-hybridized carbons (Fsp3) is 0.364. The zero-order valence-corrected chi connectivity index (χ0v) is 8.71. The first-order valence-electron chi connectivity index (χ1n) is 5.13. The molecule has 1 saturated carbocycles. The minimum atomic E-state index is -1.06. The van der Waals surface area contributed by atoms with E-state index in [0.29, 0.717) is 25.0 Å². The highest BCUT2D eigenvalue weighted by Gasteiger charge is 2.37. The minimum absolute atomic E-state index is 0.470. The van der Waals surface area contributed by atoms with Gasteiger partial charge in [-0.3, -0.25) is 4.79 Å². The van der Waals surface area contributed by atoms with Crippen molar-refractivity contribution in [3.8, 4) is 0 Å². The standard InChI is InChI=1S/C11H10F3NO2/c12-5-3-7(13)10(8(14)4-5)15-9-2-1-6(9)11(16)17/h3-4,6,9,15H,1-2H2,(H,16,17). The van der Waals surface area contributed by atoms with E-state index in [2.05, 4.69) is 5.32 Å². The van der Waals surface area contributed by atoms with E-state index in [1.165, 1.54) is 0 Å². The number of rotatable bonds is 3. The van der Waals surface area contributed by atoms with Crippen LogP contribution in [0.25, 0.3) is 0 Å². The van der Waals surface area contributed by atoms with Crippen molar-refractivity contribution in [2.24, 2.45) is 5.92 Å². The van der Waals surface area contributed by atoms with Gasteiger partial charge in [0.15, 0.2) is 11.6 Å². The summed E-state index contributed by atoms with van der Waals surface area (Å²) in [6.07, 6.45) is 0.991. The van der Waals surface area contributed by atoms with Crippen LogP contribution in [0.2, 0.25) is 0 Å². The van der Waals surface area contributed by atoms with Gasteiger partial charge in [0, 0.05) is 18.2 Å². The smallest absolute Gasteiger partial charge is 0.308 e. The SMILES string of the molecule is O=C(O)C1CCC1Nc1c(F)cc(F)cc1F. The Morgan fingerprint density at radius 3 is 2.24 bits per heavy atom. The van der Waals surface area contributed by atoms with Crippen LogP contribution >= 0.6 is 0 Å². The van der Waals surface area contributed by atoms with Crippen LogP contribution in [-0.4, -0.2) is 17.1 Å². The second kappa shape index (κ2) is 4.27. The van der Waals surface area contributed by atoms with Gasteiger partial charge < -0.3 is 10.4 Å². The molecular formula is C11H10F3NO2. The van der Waals surface area contributed by atoms with Gasteiger partial charge in [-0.05, 0) is 12.8 Å². The van der Waals surface area contributed by atoms with Crippen molar-refractivity contribution < 1.29 is 23.1 Å². The molecule has 3 nitrogen and oxygen atoms in total. The molecule has 0 bridgehead atoms. The molecular weight excluding hydrogens is 235 g/mol. The van der Waals surface area contributed by atoms with Crippen molar-refractivity contribution in [2.45, 2.75) is 18.9 Å². The third-order valence-corrected chi connectivity index (χ3v) is 2.93. The van der Waals surface area contributed by atoms with Gasteiger partial charge in [-0.15, -0.1) is 0 Å². The lowest BCUT2D eigenvalue weighted by molar-refractivity contribution is -0.144. The van der Waals surface area contributed by atoms with Crippen LogP contribution in [0.5, 0.6) is 0 Å². The average molecular weight is 245 g/mol. The molecule has 1 aromatic rings. The van der Waals surface area contributed by atoms with Gasteiger partial charge in [0.25, 0.3) is 0 Å². The molecule has 2 N–H and O–H groups in total. The van der Waals surface area contributed by atoms with Crippen LogP contribution in [0.1, 0.15) is 12.8 Å². The van der Waals surface area contributed by atoms with Crippen molar-refractivity contribution in [3.05, 3.63) is 29.6 Å². The lowest BCUT2D eigenvalue weighted by Gasteiger charge is -2.34. The number of benzene rings is 1. The third kappa shape index (κ3) is 2.20. The van der Waals surface area contributed by atoms with E-state index in [0.717, 1.165) is 0 Å². The number of aliphatic carboxylic acids is 1. The number of carboxylic acids is 1. The Morgan fingerprint density at radius 1 is 1.24 bits per heavy atom. The molecule has 0 heterocycles. The highest BCUT2D eigenvalue weighted by atomic mass is 19.1. The Hall–Kier alpha value is -1.72. The molecule has 6 heteroatoms. The first-order chi connectivity index (χ1) is 7.99. The molecule has 2 atom stereocenters. The summed E-state index contributed by atoms with van der Waals surface area (Å²) in [5, 5.41) is 11.3. The van der Waals surface area contributed by atoms with Gasteiger partial charge >= 0.3 is 5.97 Å². The number of halogens is 3. The topological polar surface area (TPSA) is 49.3 Å². The molecule has 1 aromatic carbocycles. The molecule has 0 amide bonds. The van der Waals surface area contributed by atoms with E-state index in [9.17, 15) is 18.0 Å². The van der Waals surface area contributed by atoms with Gasteiger partial charge in [0.2, 0.25) is 0 Å². The average Bonchev–Trinajstić information content (AvgIpc) is 2.12. The monoisotopic (exact) mass is 245 g/mol. The Balaban J connectivity index is 2.17. The molecule has 1 fully saturated rings. The highest BCUT2D eigenvalue weighted by Crippen LogP contribution is 2.32. The van der Waals surface area contributed by atoms with E-state index in [-0.39, 0.29) is 0 Å². The van der Waals surface area contributed by atoms with E-state index in [1.54, 1.807) is 0 Å². The van der Waals surface area contributed by atoms with Crippen LogP contribution < -0.4 is 5.32 Å². The van der Waals surface area contributed by atoms with Crippen molar-refractivity contribution >= 4 is 11.7 Å². The maximum absolute atomic E-state index is 13.3. The Kier molecular flexibility index (Phi) is 2.95. The van der Waals surface area contributed by atoms with Crippen LogP contribution in [0.15, 0.2) is 12.1 Å². The van der Waals surface area contributed by atoms with Crippen molar-refractivity contribution in [1.29, 1.82) is 0 Å². The van der Waals surface area contributed by atoms with E-state index >= 15 is 0 Å². The highest BCUT2D eigenvalue weighted by molar-refractivity contribution is 5.73. The summed E-state index contributed by atoms with van der Waals surface area (Å²) in [6.45, 7) is 0. The largest absolute Gasteiger partial charge is 0.481 e. The molecule has 17 heavy (non-hydrogen) atoms. The van der Waals surface area contributed by atoms with Gasteiger partial charge in [0.05, 0.1) is 5.92 Å². The number of anilines is 1. The number of hydrogen-bond donors (Lipinski definition) is 2. The number of hydrogen-bond acceptors (Lipinski definition) is 2. The summed E-state index contributed by atoms with van der Waals surface area (Å²) in [5.74, 6) is -4.78. The molecule has 1 aliphatic carbocycles. The molecule has 0 radical (unpaired) electrons. The van der Waals surface area contributed by atoms with Gasteiger partial charge in [0.1, 0.15) is 11.5 Å². The fourth-order valence-electron chi connectivity index (χ4n) is 1.83. The predicted octanol–water partition coefficient (Wildman–Crippen LogP) is 2.38. The number of nitrogens with one attached hydrogen (secondary N) is 1. The van der Waals surface area contributed by atoms with Crippen molar-refractivity contribution in [1.82, 2.24) is 0 Å². The van der Waals surface area contributed by atoms with Crippen LogP contribution in [0.3, 0.4) is 0 Å². The summed E-state index contributed by atoms with van der Waals surface area (Å²) in [4.78, 5) is 10.7. The zero-order valence-electron chi connectivity index (χ0n) is 8.71. The van der Waals surface area contributed by atoms with E-state index < -0.39 is 41.1 Å². The zero-order chi connectivity index (χ0) is 12.6. The van der Waals surface area contributed by atoms with Crippen LogP contribution in [-0.2, 0) is 4.79 Å². The van der Waals surface area contributed by atoms with Gasteiger partial charge in [-0.25, -0.2) is 13.2 Å². The van der Waals surface area contributed by atoms with E-state index in [1.807, 2.05) is 0 Å². The second-order valence-corrected chi connectivity index (χ2v) is 4.02. The molecule has 0 aromatic heterocycles. The first-order valence-corrected chi connectivity index (χ1v) is 5.13. The molecule has 1 aliphatic rings. The Bertz CT molecular complexity index is 441. The van der Waals surface area contributed by atoms with Crippen molar-refractivity contribution in [3.63, 3.8) is 0 Å². The normalized spacial score (nSPS) is 23.0. The minimum Gasteiger partial charge on any atom is -0.481 e. The quantitative estimate of drug-likeness (QED) is 0.859. The molecule has 2 rings (SSSR count). The van der Waals surface area contributed by atoms with Crippen LogP contribution in [0, 0.1) is 23.4 Å². The molecule has 92 valence electrons. The summed E-state index contributed by atoms with van der Waals surface area (Å²) in [6, 6.07) is 0.599. The summed E-state index contributed by atoms with van der Waals surface area (Å²) < 4.78 is 39.2. The maximum Gasteiger partial charge on any atom is 0.308 e. The second-order valence-electron chi connectivity index (χ2n) is 4.02. The predicted molar refractivity (Wildman–Crippen MR) is 54.1 cm³/mol. The van der Waals surface area contributed by atoms with Crippen molar-refractivity contribution in [2.75, 3.05) is 5.32 Å². The molecule has 0 spiro atoms. The Labute approximate surface area is 95.3 Å². The molecule has 2 unspecified atom stereocenters. The van der Waals surface area contributed by atoms with Gasteiger partial charge in [-0.2, -0.15) is 0 Å². The van der Waals surface area contributed by atoms with E-state index in [4.69, 9.17) is 5.11 Å². The first kappa shape index (κ1) is 11.8.